The average Bonchev–Trinajstić information content (AvgIpc) is 4.05. The van der Waals surface area contributed by atoms with E-state index >= 15 is 4.39 Å². The fraction of sp³-hybridized carbons (Fsp3) is 0.660. The van der Waals surface area contributed by atoms with E-state index in [4.69, 9.17) is 33.3 Å². The lowest BCUT2D eigenvalue weighted by Crippen LogP contribution is -2.61. The first kappa shape index (κ1) is 49.5. The predicted molar refractivity (Wildman–Crippen MR) is 233 cm³/mol. The van der Waals surface area contributed by atoms with Crippen molar-refractivity contribution in [3.63, 3.8) is 0 Å². The summed E-state index contributed by atoms with van der Waals surface area (Å²) in [7, 11) is 5.01. The largest absolute Gasteiger partial charge is 0.509 e. The molecule has 2 N–H and O–H groups in total. The number of pyridine rings is 1. The number of halogens is 1. The smallest absolute Gasteiger partial charge is 0.477 e. The molecule has 356 valence electrons. The van der Waals surface area contributed by atoms with Gasteiger partial charge in [0, 0.05) is 54.1 Å². The van der Waals surface area contributed by atoms with Crippen LogP contribution in [0.2, 0.25) is 0 Å². The number of benzene rings is 1. The number of fused-ring (bicyclic) bond motifs is 2. The minimum absolute atomic E-state index is 0.0240. The van der Waals surface area contributed by atoms with Crippen LogP contribution in [0.1, 0.15) is 109 Å². The van der Waals surface area contributed by atoms with Crippen LogP contribution in [0.4, 0.5) is 9.18 Å². The molecule has 3 saturated heterocycles. The maximum atomic E-state index is 16.8. The third-order valence-corrected chi connectivity index (χ3v) is 13.6. The van der Waals surface area contributed by atoms with E-state index in [0.29, 0.717) is 23.2 Å². The van der Waals surface area contributed by atoms with Crippen molar-refractivity contribution in [1.29, 1.82) is 0 Å². The van der Waals surface area contributed by atoms with E-state index in [1.54, 1.807) is 39.0 Å². The summed E-state index contributed by atoms with van der Waals surface area (Å²) in [5.41, 5.74) is -5.93. The van der Waals surface area contributed by atoms with Gasteiger partial charge in [0.1, 0.15) is 17.8 Å². The molecule has 0 spiro atoms. The van der Waals surface area contributed by atoms with Gasteiger partial charge in [-0.25, -0.2) is 18.8 Å². The van der Waals surface area contributed by atoms with Crippen molar-refractivity contribution in [2.45, 2.75) is 153 Å². The first-order chi connectivity index (χ1) is 30.5. The molecule has 0 bridgehead atoms. The maximum absolute atomic E-state index is 16.8. The van der Waals surface area contributed by atoms with Crippen LogP contribution in [0.3, 0.4) is 0 Å². The van der Waals surface area contributed by atoms with E-state index in [0.717, 1.165) is 19.8 Å². The van der Waals surface area contributed by atoms with Gasteiger partial charge >= 0.3 is 18.1 Å². The number of cyclic esters (lactones) is 1. The highest BCUT2D eigenvalue weighted by Crippen LogP contribution is 2.43. The fourth-order valence-corrected chi connectivity index (χ4v) is 9.75. The molecule has 0 amide bonds. The number of rotatable bonds is 9. The van der Waals surface area contributed by atoms with Crippen LogP contribution in [0.5, 0.6) is 0 Å². The van der Waals surface area contributed by atoms with E-state index in [2.05, 4.69) is 17.0 Å². The number of hydrogen-bond donors (Lipinski definition) is 2. The zero-order valence-corrected chi connectivity index (χ0v) is 38.9. The van der Waals surface area contributed by atoms with Crippen LogP contribution in [-0.4, -0.2) is 137 Å². The number of oxime groups is 1. The maximum Gasteiger partial charge on any atom is 0.509 e. The molecular weight excluding hydrogens is 850 g/mol. The van der Waals surface area contributed by atoms with E-state index < -0.39 is 101 Å². The molecule has 6 rings (SSSR count). The number of ether oxygens (including phenoxy) is 6. The Balaban J connectivity index is 1.39. The molecule has 0 radical (unpaired) electrons. The number of likely N-dealkylation sites (N-methyl/N-ethyl adjacent to an activating group) is 1. The summed E-state index contributed by atoms with van der Waals surface area (Å²) < 4.78 is 54.7. The lowest BCUT2D eigenvalue weighted by atomic mass is 9.73. The zero-order chi connectivity index (χ0) is 47.9. The minimum atomic E-state index is -3.21. The summed E-state index contributed by atoms with van der Waals surface area (Å²) in [6.45, 7) is 12.1. The van der Waals surface area contributed by atoms with Gasteiger partial charge in [-0.15, -0.1) is 0 Å². The predicted octanol–water partition coefficient (Wildman–Crippen LogP) is 5.20. The highest BCUT2D eigenvalue weighted by atomic mass is 19.1. The molecule has 1 aromatic heterocycles. The van der Waals surface area contributed by atoms with Gasteiger partial charge in [0.05, 0.1) is 29.0 Å². The van der Waals surface area contributed by atoms with E-state index in [1.807, 2.05) is 37.4 Å². The SMILES string of the molecule is CC[C@H]1OC(=O)[C@@](C)(F)C(=O)[C@H](C)[C@@H](O[C@@H]2O[C@H](C)C[C@H](N(C)C)[C@H]2O)[C@](C)(OC)C[C@@H](C)/C(=N\OCC#Cc2ccc3c(c2)c(=O)c(C(=O)O)cn3C2CC2)[C@H](C)[C@H]2OC(=O)O[C@@]21C. The standard InChI is InChI=1S/C47H62FN3O14/c1-12-34-47(8)40(64-44(58)65-47)26(4)35(49-60-19-13-14-28-15-18-32-30(21-28)36(52)31(41(55)56)23-51(32)29-16-17-29)24(2)22-45(6,59-11)39(27(5)38(54)46(7,48)43(57)62-34)63-42-37(53)33(50(9)10)20-25(3)61-42/h15,18,21,23-27,29,33-34,37,39-40,42,53H,12,16-17,19-20,22H2,1-11H3,(H,55,56)/b49-35+/t24-,25-,26+,27+,33+,34-,37-,39-,40-,42+,45-,46+,47-/m1/s1. The number of carbonyl (C=O) groups is 4. The number of methoxy groups -OCH3 is 1. The number of aromatic carboxylic acids is 1. The van der Waals surface area contributed by atoms with Crippen LogP contribution >= 0.6 is 0 Å². The number of carboxylic acid groups (broad SMARTS) is 1. The van der Waals surface area contributed by atoms with Gasteiger partial charge in [-0.2, -0.15) is 0 Å². The molecule has 4 fully saturated rings. The molecule has 4 heterocycles. The van der Waals surface area contributed by atoms with E-state index in [9.17, 15) is 34.2 Å². The lowest BCUT2D eigenvalue weighted by Gasteiger charge is -2.47. The van der Waals surface area contributed by atoms with Crippen molar-refractivity contribution in [3.05, 3.63) is 45.7 Å². The molecule has 1 aliphatic carbocycles. The zero-order valence-electron chi connectivity index (χ0n) is 38.9. The van der Waals surface area contributed by atoms with Crippen molar-refractivity contribution in [3.8, 4) is 11.8 Å². The van der Waals surface area contributed by atoms with Gasteiger partial charge in [-0.1, -0.05) is 44.7 Å². The van der Waals surface area contributed by atoms with Gasteiger partial charge in [-0.05, 0) is 92.1 Å². The number of carboxylic acids is 1. The van der Waals surface area contributed by atoms with Crippen LogP contribution < -0.4 is 5.43 Å². The highest BCUT2D eigenvalue weighted by Gasteiger charge is 2.60. The molecule has 4 aliphatic rings. The molecule has 18 heteroatoms. The molecule has 1 aromatic carbocycles. The van der Waals surface area contributed by atoms with Gasteiger partial charge < -0.3 is 52.9 Å². The Bertz CT molecular complexity index is 2320. The Kier molecular flexibility index (Phi) is 14.6. The first-order valence-corrected chi connectivity index (χ1v) is 22.1. The summed E-state index contributed by atoms with van der Waals surface area (Å²) in [5.74, 6) is -0.988. The molecule has 2 aromatic rings. The average molecular weight is 912 g/mol. The normalized spacial score (nSPS) is 36.5. The second-order valence-corrected chi connectivity index (χ2v) is 18.7. The third kappa shape index (κ3) is 9.81. The number of aliphatic hydroxyl groups excluding tert-OH is 1. The number of aromatic nitrogens is 1. The Morgan fingerprint density at radius 1 is 1.06 bits per heavy atom. The van der Waals surface area contributed by atoms with Crippen molar-refractivity contribution >= 4 is 40.5 Å². The molecule has 17 nitrogen and oxygen atoms in total. The van der Waals surface area contributed by atoms with E-state index in [1.165, 1.54) is 27.2 Å². The first-order valence-electron chi connectivity index (χ1n) is 22.1. The molecule has 13 atom stereocenters. The van der Waals surface area contributed by atoms with Crippen LogP contribution in [0.25, 0.3) is 10.9 Å². The van der Waals surface area contributed by atoms with Crippen molar-refractivity contribution in [2.24, 2.45) is 22.9 Å². The Hall–Kier alpha value is -4.93. The Morgan fingerprint density at radius 2 is 1.75 bits per heavy atom. The van der Waals surface area contributed by atoms with Gasteiger partial charge in [-0.3, -0.25) is 9.59 Å². The number of carbonyl (C=O) groups excluding carboxylic acids is 3. The quantitative estimate of drug-likeness (QED) is 0.109. The number of nitrogens with zero attached hydrogens (tertiary/aromatic N) is 3. The van der Waals surface area contributed by atoms with Crippen LogP contribution in [0, 0.1) is 29.6 Å². The van der Waals surface area contributed by atoms with E-state index in [-0.39, 0.29) is 42.5 Å². The summed E-state index contributed by atoms with van der Waals surface area (Å²) in [6.07, 6.45) is -4.02. The van der Waals surface area contributed by atoms with Gasteiger partial charge in [0.2, 0.25) is 5.43 Å². The number of ketones is 1. The molecular formula is C47H62FN3O14. The highest BCUT2D eigenvalue weighted by molar-refractivity contribution is 6.08. The third-order valence-electron chi connectivity index (χ3n) is 13.6. The van der Waals surface area contributed by atoms with Crippen molar-refractivity contribution < 1.29 is 67.0 Å². The summed E-state index contributed by atoms with van der Waals surface area (Å²) in [6, 6.07) is 4.74. The molecule has 65 heavy (non-hydrogen) atoms. The number of esters is 1. The fourth-order valence-electron chi connectivity index (χ4n) is 9.75. The van der Waals surface area contributed by atoms with Crippen molar-refractivity contribution in [1.82, 2.24) is 9.47 Å². The summed E-state index contributed by atoms with van der Waals surface area (Å²) >= 11 is 0. The molecule has 0 unspecified atom stereocenters. The number of hydrogen-bond acceptors (Lipinski definition) is 15. The van der Waals surface area contributed by atoms with Crippen molar-refractivity contribution in [2.75, 3.05) is 27.8 Å². The molecule has 1 saturated carbocycles. The van der Waals surface area contributed by atoms with Gasteiger partial charge in [0.25, 0.3) is 5.67 Å². The second-order valence-electron chi connectivity index (χ2n) is 18.7. The van der Waals surface area contributed by atoms with Crippen LogP contribution in [0.15, 0.2) is 34.3 Å². The second kappa shape index (κ2) is 19.1. The topological polar surface area (TPSA) is 211 Å². The van der Waals surface area contributed by atoms with Crippen LogP contribution in [-0.2, 0) is 42.8 Å². The lowest BCUT2D eigenvalue weighted by molar-refractivity contribution is -0.295. The minimum Gasteiger partial charge on any atom is -0.477 e. The van der Waals surface area contributed by atoms with Gasteiger partial charge in [0.15, 0.2) is 30.4 Å². The summed E-state index contributed by atoms with van der Waals surface area (Å²) in [5, 5.41) is 26.0. The summed E-state index contributed by atoms with van der Waals surface area (Å²) in [4.78, 5) is 73.9. The molecule has 3 aliphatic heterocycles. The Labute approximate surface area is 377 Å². The number of Topliss-reactive ketones (excluding diaryl/α,β-unsaturated/α-hetero) is 1. The Morgan fingerprint density at radius 3 is 2.37 bits per heavy atom. The number of aliphatic hydroxyl groups is 1. The monoisotopic (exact) mass is 911 g/mol. The number of alkyl halides is 1.